The van der Waals surface area contributed by atoms with Crippen LogP contribution < -0.4 is 10.1 Å². The standard InChI is InChI=1S/C17H13N3O4/c1-24-11-7-8-16(20(22)23)13(10-11)17(21)19-15-6-2-5-14-12(15)4-3-9-18-14/h2-10H,1H3,(H,19,21). The van der Waals surface area contributed by atoms with Crippen molar-refractivity contribution in [3.05, 3.63) is 70.4 Å². The molecule has 120 valence electrons. The first-order valence-electron chi connectivity index (χ1n) is 7.07. The summed E-state index contributed by atoms with van der Waals surface area (Å²) in [5.74, 6) is -0.220. The Balaban J connectivity index is 2.02. The topological polar surface area (TPSA) is 94.4 Å². The van der Waals surface area contributed by atoms with Gasteiger partial charge in [0.2, 0.25) is 0 Å². The van der Waals surface area contributed by atoms with E-state index in [4.69, 9.17) is 4.74 Å². The third-order valence-electron chi connectivity index (χ3n) is 3.54. The molecule has 7 nitrogen and oxygen atoms in total. The monoisotopic (exact) mass is 323 g/mol. The van der Waals surface area contributed by atoms with E-state index < -0.39 is 10.8 Å². The first-order valence-corrected chi connectivity index (χ1v) is 7.07. The summed E-state index contributed by atoms with van der Waals surface area (Å²) in [5.41, 5.74) is 0.894. The molecule has 0 saturated heterocycles. The van der Waals surface area contributed by atoms with Gasteiger partial charge in [-0.1, -0.05) is 6.07 Å². The van der Waals surface area contributed by atoms with Crippen LogP contribution in [0.5, 0.6) is 5.75 Å². The van der Waals surface area contributed by atoms with Crippen molar-refractivity contribution < 1.29 is 14.5 Å². The quantitative estimate of drug-likeness (QED) is 0.586. The zero-order valence-electron chi connectivity index (χ0n) is 12.7. The summed E-state index contributed by atoms with van der Waals surface area (Å²) in [4.78, 5) is 27.3. The summed E-state index contributed by atoms with van der Waals surface area (Å²) in [6.07, 6.45) is 1.65. The van der Waals surface area contributed by atoms with Gasteiger partial charge in [-0.25, -0.2) is 0 Å². The van der Waals surface area contributed by atoms with Crippen molar-refractivity contribution in [2.75, 3.05) is 12.4 Å². The van der Waals surface area contributed by atoms with Crippen LogP contribution in [0.25, 0.3) is 10.9 Å². The molecule has 3 rings (SSSR count). The second kappa shape index (κ2) is 6.33. The van der Waals surface area contributed by atoms with Crippen LogP contribution in [0.1, 0.15) is 10.4 Å². The summed E-state index contributed by atoms with van der Waals surface area (Å²) >= 11 is 0. The van der Waals surface area contributed by atoms with Gasteiger partial charge in [0, 0.05) is 17.6 Å². The minimum Gasteiger partial charge on any atom is -0.497 e. The Morgan fingerprint density at radius 1 is 1.21 bits per heavy atom. The fourth-order valence-corrected chi connectivity index (χ4v) is 2.39. The van der Waals surface area contributed by atoms with Crippen LogP contribution in [-0.4, -0.2) is 22.9 Å². The fourth-order valence-electron chi connectivity index (χ4n) is 2.39. The number of pyridine rings is 1. The van der Waals surface area contributed by atoms with Gasteiger partial charge in [0.15, 0.2) is 0 Å². The summed E-state index contributed by atoms with van der Waals surface area (Å²) < 4.78 is 5.05. The number of anilines is 1. The third kappa shape index (κ3) is 2.87. The molecule has 0 atom stereocenters. The van der Waals surface area contributed by atoms with Crippen molar-refractivity contribution in [1.82, 2.24) is 4.98 Å². The third-order valence-corrected chi connectivity index (χ3v) is 3.54. The second-order valence-electron chi connectivity index (χ2n) is 4.97. The number of aromatic nitrogens is 1. The number of nitrogens with one attached hydrogen (secondary N) is 1. The number of methoxy groups -OCH3 is 1. The number of nitro benzene ring substituents is 1. The molecule has 7 heteroatoms. The van der Waals surface area contributed by atoms with Crippen LogP contribution in [-0.2, 0) is 0 Å². The van der Waals surface area contributed by atoms with Crippen LogP contribution in [0.3, 0.4) is 0 Å². The van der Waals surface area contributed by atoms with Crippen molar-refractivity contribution in [2.45, 2.75) is 0 Å². The molecule has 3 aromatic rings. The Morgan fingerprint density at radius 3 is 2.79 bits per heavy atom. The number of benzene rings is 2. The molecule has 1 amide bonds. The average Bonchev–Trinajstić information content (AvgIpc) is 2.61. The molecule has 0 spiro atoms. The van der Waals surface area contributed by atoms with E-state index in [2.05, 4.69) is 10.3 Å². The Bertz CT molecular complexity index is 935. The SMILES string of the molecule is COc1ccc([N+](=O)[O-])c(C(=O)Nc2cccc3ncccc23)c1. The number of hydrogen-bond donors (Lipinski definition) is 1. The number of carbonyl (C=O) groups excluding carboxylic acids is 1. The summed E-state index contributed by atoms with van der Waals surface area (Å²) in [6, 6.07) is 12.9. The van der Waals surface area contributed by atoms with E-state index in [1.165, 1.54) is 25.3 Å². The van der Waals surface area contributed by atoms with E-state index in [1.54, 1.807) is 24.4 Å². The zero-order valence-corrected chi connectivity index (χ0v) is 12.7. The van der Waals surface area contributed by atoms with E-state index >= 15 is 0 Å². The Morgan fingerprint density at radius 2 is 2.04 bits per heavy atom. The molecule has 24 heavy (non-hydrogen) atoms. The van der Waals surface area contributed by atoms with E-state index in [-0.39, 0.29) is 11.3 Å². The average molecular weight is 323 g/mol. The number of nitrogens with zero attached hydrogens (tertiary/aromatic N) is 2. The first kappa shape index (κ1) is 15.4. The summed E-state index contributed by atoms with van der Waals surface area (Å²) in [5, 5.41) is 14.6. The Kier molecular flexibility index (Phi) is 4.07. The van der Waals surface area contributed by atoms with Crippen molar-refractivity contribution >= 4 is 28.2 Å². The Labute approximate surface area is 137 Å². The molecule has 0 aliphatic heterocycles. The van der Waals surface area contributed by atoms with E-state index in [9.17, 15) is 14.9 Å². The largest absolute Gasteiger partial charge is 0.497 e. The van der Waals surface area contributed by atoms with Crippen LogP contribution in [0.2, 0.25) is 0 Å². The highest BCUT2D eigenvalue weighted by Crippen LogP contribution is 2.27. The van der Waals surface area contributed by atoms with Gasteiger partial charge in [0.25, 0.3) is 11.6 Å². The predicted octanol–water partition coefficient (Wildman–Crippen LogP) is 3.40. The van der Waals surface area contributed by atoms with Crippen molar-refractivity contribution in [3.8, 4) is 5.75 Å². The normalized spacial score (nSPS) is 10.4. The van der Waals surface area contributed by atoms with Gasteiger partial charge in [-0.3, -0.25) is 19.9 Å². The van der Waals surface area contributed by atoms with Gasteiger partial charge < -0.3 is 10.1 Å². The molecular formula is C17H13N3O4. The lowest BCUT2D eigenvalue weighted by atomic mass is 10.1. The maximum absolute atomic E-state index is 12.6. The molecule has 1 heterocycles. The predicted molar refractivity (Wildman–Crippen MR) is 89.3 cm³/mol. The molecule has 2 aromatic carbocycles. The molecule has 0 aliphatic rings. The maximum atomic E-state index is 12.6. The number of fused-ring (bicyclic) bond motifs is 1. The number of ether oxygens (including phenoxy) is 1. The molecule has 0 saturated carbocycles. The summed E-state index contributed by atoms with van der Waals surface area (Å²) in [7, 11) is 1.43. The van der Waals surface area contributed by atoms with Gasteiger partial charge in [0.1, 0.15) is 11.3 Å². The van der Waals surface area contributed by atoms with Crippen molar-refractivity contribution in [2.24, 2.45) is 0 Å². The maximum Gasteiger partial charge on any atom is 0.282 e. The second-order valence-corrected chi connectivity index (χ2v) is 4.97. The van der Waals surface area contributed by atoms with Crippen LogP contribution in [0.4, 0.5) is 11.4 Å². The molecule has 0 unspecified atom stereocenters. The smallest absolute Gasteiger partial charge is 0.282 e. The molecule has 0 aliphatic carbocycles. The highest BCUT2D eigenvalue weighted by molar-refractivity contribution is 6.10. The van der Waals surface area contributed by atoms with E-state index in [0.717, 1.165) is 10.9 Å². The first-order chi connectivity index (χ1) is 11.6. The molecule has 1 N–H and O–H groups in total. The molecular weight excluding hydrogens is 310 g/mol. The summed E-state index contributed by atoms with van der Waals surface area (Å²) in [6.45, 7) is 0. The molecule has 0 fully saturated rings. The van der Waals surface area contributed by atoms with Gasteiger partial charge in [-0.15, -0.1) is 0 Å². The van der Waals surface area contributed by atoms with Crippen LogP contribution in [0.15, 0.2) is 54.7 Å². The molecule has 1 aromatic heterocycles. The van der Waals surface area contributed by atoms with Gasteiger partial charge in [-0.05, 0) is 36.4 Å². The minimum absolute atomic E-state index is 0.0692. The molecule has 0 radical (unpaired) electrons. The van der Waals surface area contributed by atoms with Crippen LogP contribution >= 0.6 is 0 Å². The Hall–Kier alpha value is -3.48. The number of nitro groups is 1. The lowest BCUT2D eigenvalue weighted by molar-refractivity contribution is -0.385. The fraction of sp³-hybridized carbons (Fsp3) is 0.0588. The highest BCUT2D eigenvalue weighted by Gasteiger charge is 2.21. The van der Waals surface area contributed by atoms with Gasteiger partial charge in [-0.2, -0.15) is 0 Å². The number of amides is 1. The van der Waals surface area contributed by atoms with Gasteiger partial charge >= 0.3 is 0 Å². The number of hydrogen-bond acceptors (Lipinski definition) is 5. The van der Waals surface area contributed by atoms with E-state index in [0.29, 0.717) is 11.4 Å². The minimum atomic E-state index is -0.598. The molecule has 0 bridgehead atoms. The van der Waals surface area contributed by atoms with Crippen molar-refractivity contribution in [3.63, 3.8) is 0 Å². The van der Waals surface area contributed by atoms with Gasteiger partial charge in [0.05, 0.1) is 23.2 Å². The van der Waals surface area contributed by atoms with Crippen LogP contribution in [0, 0.1) is 10.1 Å². The van der Waals surface area contributed by atoms with Crippen molar-refractivity contribution in [1.29, 1.82) is 0 Å². The number of carbonyl (C=O) groups is 1. The number of rotatable bonds is 4. The zero-order chi connectivity index (χ0) is 17.1. The lowest BCUT2D eigenvalue weighted by Crippen LogP contribution is -2.14. The lowest BCUT2D eigenvalue weighted by Gasteiger charge is -2.09. The highest BCUT2D eigenvalue weighted by atomic mass is 16.6. The van der Waals surface area contributed by atoms with E-state index in [1.807, 2.05) is 12.1 Å².